The van der Waals surface area contributed by atoms with E-state index in [4.69, 9.17) is 16.3 Å². The highest BCUT2D eigenvalue weighted by Gasteiger charge is 2.34. The first-order valence-corrected chi connectivity index (χ1v) is 12.8. The highest BCUT2D eigenvalue weighted by atomic mass is 35.5. The lowest BCUT2D eigenvalue weighted by Gasteiger charge is -2.29. The average Bonchev–Trinajstić information content (AvgIpc) is 3.26. The molecule has 3 N–H and O–H groups in total. The number of hydrogen-bond donors (Lipinski definition) is 3. The Morgan fingerprint density at radius 2 is 2.00 bits per heavy atom. The number of urea groups is 1. The fourth-order valence-electron chi connectivity index (χ4n) is 4.57. The van der Waals surface area contributed by atoms with Gasteiger partial charge in [-0.2, -0.15) is 0 Å². The van der Waals surface area contributed by atoms with Crippen LogP contribution in [0.15, 0.2) is 60.8 Å². The van der Waals surface area contributed by atoms with Crippen molar-refractivity contribution >= 4 is 62.2 Å². The molecule has 6 rings (SSSR count). The van der Waals surface area contributed by atoms with Gasteiger partial charge < -0.3 is 20.7 Å². The standard InChI is InChI=1S/C26H22ClN5O3S/c27-18-13-17(35-16-6-2-1-3-7-16)8-9-19(18)32-20-10-12-29-25-21(20)22(31-26(32)34)23(36-25)24(33)30-15-5-4-11-28-14-15/h1-3,6-10,12-13,15,28H,4-5,11,14H2,(H,30,33)(H,31,34). The van der Waals surface area contributed by atoms with Gasteiger partial charge in [0, 0.05) is 24.8 Å². The Morgan fingerprint density at radius 1 is 1.14 bits per heavy atom. The molecule has 4 heterocycles. The molecule has 182 valence electrons. The number of halogens is 1. The number of carbonyl (C=O) groups is 2. The summed E-state index contributed by atoms with van der Waals surface area (Å²) in [4.78, 5) is 33.6. The number of ether oxygens (including phenoxy) is 1. The fourth-order valence-corrected chi connectivity index (χ4v) is 5.84. The molecule has 1 atom stereocenters. The molecule has 2 aromatic heterocycles. The first kappa shape index (κ1) is 22.8. The normalized spacial score (nSPS) is 17.1. The van der Waals surface area contributed by atoms with Gasteiger partial charge in [0.2, 0.25) is 0 Å². The van der Waals surface area contributed by atoms with E-state index < -0.39 is 6.03 Å². The van der Waals surface area contributed by atoms with Gasteiger partial charge in [0.1, 0.15) is 21.2 Å². The summed E-state index contributed by atoms with van der Waals surface area (Å²) in [7, 11) is 0. The quantitative estimate of drug-likeness (QED) is 0.305. The Bertz CT molecular complexity index is 1470. The summed E-state index contributed by atoms with van der Waals surface area (Å²) in [5.41, 5.74) is 1.60. The van der Waals surface area contributed by atoms with Crippen molar-refractivity contribution < 1.29 is 14.3 Å². The summed E-state index contributed by atoms with van der Waals surface area (Å²) in [6, 6.07) is 16.0. The largest absolute Gasteiger partial charge is 0.457 e. The van der Waals surface area contributed by atoms with Gasteiger partial charge in [0.25, 0.3) is 5.91 Å². The maximum atomic E-state index is 13.4. The zero-order valence-corrected chi connectivity index (χ0v) is 20.7. The Labute approximate surface area is 216 Å². The Hall–Kier alpha value is -3.66. The molecule has 10 heteroatoms. The zero-order chi connectivity index (χ0) is 24.6. The van der Waals surface area contributed by atoms with Crippen molar-refractivity contribution in [1.82, 2.24) is 15.6 Å². The number of pyridine rings is 1. The molecule has 1 saturated heterocycles. The minimum atomic E-state index is -0.402. The topological polar surface area (TPSA) is 95.6 Å². The monoisotopic (exact) mass is 519 g/mol. The number of aromatic nitrogens is 1. The third kappa shape index (κ3) is 4.15. The number of para-hydroxylation sites is 1. The number of rotatable bonds is 5. The van der Waals surface area contributed by atoms with E-state index in [0.29, 0.717) is 43.3 Å². The molecule has 0 bridgehead atoms. The number of hydrogen-bond acceptors (Lipinski definition) is 6. The van der Waals surface area contributed by atoms with E-state index in [1.807, 2.05) is 30.3 Å². The van der Waals surface area contributed by atoms with Crippen LogP contribution in [-0.2, 0) is 0 Å². The molecule has 0 aliphatic carbocycles. The van der Waals surface area contributed by atoms with Gasteiger partial charge in [-0.1, -0.05) is 29.8 Å². The average molecular weight is 520 g/mol. The summed E-state index contributed by atoms with van der Waals surface area (Å²) in [6.07, 6.45) is 3.57. The SMILES string of the molecule is O=C(NC1CCCNC1)c1sc2nccc3c2c1NC(=O)N3c1ccc(Oc2ccccc2)cc1Cl. The molecule has 0 spiro atoms. The van der Waals surface area contributed by atoms with E-state index in [-0.39, 0.29) is 11.9 Å². The van der Waals surface area contributed by atoms with E-state index in [1.165, 1.54) is 16.2 Å². The molecule has 1 unspecified atom stereocenters. The van der Waals surface area contributed by atoms with Crippen LogP contribution in [0.4, 0.5) is 21.9 Å². The molecule has 2 aliphatic heterocycles. The van der Waals surface area contributed by atoms with Crippen LogP contribution in [0.1, 0.15) is 22.5 Å². The van der Waals surface area contributed by atoms with E-state index in [0.717, 1.165) is 31.3 Å². The molecule has 3 amide bonds. The molecule has 2 aromatic carbocycles. The zero-order valence-electron chi connectivity index (χ0n) is 19.1. The third-order valence-electron chi connectivity index (χ3n) is 6.22. The van der Waals surface area contributed by atoms with Gasteiger partial charge in [0.05, 0.1) is 27.5 Å². The van der Waals surface area contributed by atoms with Crippen molar-refractivity contribution in [3.63, 3.8) is 0 Å². The molecule has 8 nitrogen and oxygen atoms in total. The molecular weight excluding hydrogens is 498 g/mol. The molecule has 36 heavy (non-hydrogen) atoms. The summed E-state index contributed by atoms with van der Waals surface area (Å²) < 4.78 is 5.87. The van der Waals surface area contributed by atoms with Crippen molar-refractivity contribution in [1.29, 1.82) is 0 Å². The van der Waals surface area contributed by atoms with Crippen LogP contribution in [0.3, 0.4) is 0 Å². The van der Waals surface area contributed by atoms with Gasteiger partial charge in [-0.05, 0) is 49.7 Å². The number of amides is 3. The van der Waals surface area contributed by atoms with Crippen LogP contribution >= 0.6 is 22.9 Å². The summed E-state index contributed by atoms with van der Waals surface area (Å²) in [6.45, 7) is 1.69. The van der Waals surface area contributed by atoms with Crippen LogP contribution in [0.5, 0.6) is 11.5 Å². The lowest BCUT2D eigenvalue weighted by Crippen LogP contribution is -2.45. The van der Waals surface area contributed by atoms with Crippen molar-refractivity contribution in [2.45, 2.75) is 18.9 Å². The van der Waals surface area contributed by atoms with Gasteiger partial charge in [-0.25, -0.2) is 9.78 Å². The predicted octanol–water partition coefficient (Wildman–Crippen LogP) is 5.91. The lowest BCUT2D eigenvalue weighted by molar-refractivity contribution is 0.0935. The summed E-state index contributed by atoms with van der Waals surface area (Å²) in [5, 5.41) is 10.4. The smallest absolute Gasteiger partial charge is 0.331 e. The predicted molar refractivity (Wildman–Crippen MR) is 142 cm³/mol. The first-order valence-electron chi connectivity index (χ1n) is 11.6. The van der Waals surface area contributed by atoms with Crippen molar-refractivity contribution in [3.8, 4) is 11.5 Å². The van der Waals surface area contributed by atoms with Crippen LogP contribution in [0.25, 0.3) is 10.2 Å². The number of nitrogens with zero attached hydrogens (tertiary/aromatic N) is 2. The van der Waals surface area contributed by atoms with E-state index >= 15 is 0 Å². The van der Waals surface area contributed by atoms with Crippen molar-refractivity contribution in [3.05, 3.63) is 70.7 Å². The molecule has 0 radical (unpaired) electrons. The van der Waals surface area contributed by atoms with Crippen molar-refractivity contribution in [2.24, 2.45) is 0 Å². The number of thiophene rings is 1. The fraction of sp³-hybridized carbons (Fsp3) is 0.192. The number of carbonyl (C=O) groups excluding carboxylic acids is 2. The van der Waals surface area contributed by atoms with Crippen molar-refractivity contribution in [2.75, 3.05) is 23.3 Å². The Kier molecular flexibility index (Phi) is 5.96. The van der Waals surface area contributed by atoms with Crippen LogP contribution in [0.2, 0.25) is 5.02 Å². The molecule has 2 aliphatic rings. The van der Waals surface area contributed by atoms with Gasteiger partial charge in [-0.3, -0.25) is 9.69 Å². The molecule has 1 fully saturated rings. The van der Waals surface area contributed by atoms with Crippen LogP contribution < -0.4 is 25.6 Å². The number of piperidine rings is 1. The highest BCUT2D eigenvalue weighted by Crippen LogP contribution is 2.47. The second-order valence-electron chi connectivity index (χ2n) is 8.63. The van der Waals surface area contributed by atoms with Crippen LogP contribution in [-0.4, -0.2) is 36.1 Å². The Balaban J connectivity index is 1.34. The summed E-state index contributed by atoms with van der Waals surface area (Å²) >= 11 is 7.90. The maximum Gasteiger partial charge on any atom is 0.331 e. The van der Waals surface area contributed by atoms with Crippen LogP contribution in [0, 0.1) is 0 Å². The van der Waals surface area contributed by atoms with Gasteiger partial charge >= 0.3 is 6.03 Å². The van der Waals surface area contributed by atoms with Gasteiger partial charge in [-0.15, -0.1) is 11.3 Å². The number of benzene rings is 2. The second-order valence-corrected chi connectivity index (χ2v) is 10.0. The third-order valence-corrected chi connectivity index (χ3v) is 7.62. The molecule has 0 saturated carbocycles. The maximum absolute atomic E-state index is 13.4. The number of nitrogens with one attached hydrogen (secondary N) is 3. The second kappa shape index (κ2) is 9.42. The minimum absolute atomic E-state index is 0.0577. The first-order chi connectivity index (χ1) is 17.6. The molecular formula is C26H22ClN5O3S. The minimum Gasteiger partial charge on any atom is -0.457 e. The van der Waals surface area contributed by atoms with Gasteiger partial charge in [0.15, 0.2) is 0 Å². The highest BCUT2D eigenvalue weighted by molar-refractivity contribution is 7.21. The lowest BCUT2D eigenvalue weighted by atomic mass is 10.1. The molecule has 4 aromatic rings. The van der Waals surface area contributed by atoms with E-state index in [2.05, 4.69) is 20.9 Å². The summed E-state index contributed by atoms with van der Waals surface area (Å²) in [5.74, 6) is 1.03. The van der Waals surface area contributed by atoms with E-state index in [9.17, 15) is 9.59 Å². The van der Waals surface area contributed by atoms with E-state index in [1.54, 1.807) is 30.5 Å². The number of anilines is 3. The Morgan fingerprint density at radius 3 is 2.78 bits per heavy atom.